The summed E-state index contributed by atoms with van der Waals surface area (Å²) in [6.07, 6.45) is 3.38. The van der Waals surface area contributed by atoms with E-state index in [4.69, 9.17) is 33.0 Å². The van der Waals surface area contributed by atoms with Gasteiger partial charge < -0.3 is 14.4 Å². The molecule has 0 spiro atoms. The lowest BCUT2D eigenvalue weighted by Crippen LogP contribution is -2.05. The summed E-state index contributed by atoms with van der Waals surface area (Å²) in [7, 11) is 0. The first-order chi connectivity index (χ1) is 11.4. The largest absolute Gasteiger partial charge is 0.494 e. The highest BCUT2D eigenvalue weighted by Gasteiger charge is 2.13. The second-order valence-corrected chi connectivity index (χ2v) is 5.96. The van der Waals surface area contributed by atoms with E-state index in [-0.39, 0.29) is 5.15 Å². The average molecular weight is 369 g/mol. The van der Waals surface area contributed by atoms with E-state index in [1.807, 2.05) is 23.6 Å². The number of imidazole rings is 1. The molecular formula is C17H18Cl2N2O3. The van der Waals surface area contributed by atoms with Crippen molar-refractivity contribution in [1.29, 1.82) is 0 Å². The number of carboxylic acid groups (broad SMARTS) is 1. The van der Waals surface area contributed by atoms with E-state index in [2.05, 4.69) is 4.98 Å². The first kappa shape index (κ1) is 18.4. The van der Waals surface area contributed by atoms with Crippen molar-refractivity contribution >= 4 is 35.2 Å². The Balaban J connectivity index is 2.29. The van der Waals surface area contributed by atoms with Crippen molar-refractivity contribution in [2.75, 3.05) is 6.61 Å². The molecule has 0 saturated heterocycles. The molecule has 0 unspecified atom stereocenters. The molecule has 0 amide bonds. The number of rotatable bonds is 7. The summed E-state index contributed by atoms with van der Waals surface area (Å²) in [4.78, 5) is 14.9. The molecule has 7 heteroatoms. The molecule has 1 N–H and O–H groups in total. The maximum atomic E-state index is 10.7. The first-order valence-electron chi connectivity index (χ1n) is 7.47. The van der Waals surface area contributed by atoms with Gasteiger partial charge in [-0.2, -0.15) is 0 Å². The number of carbonyl (C=O) groups is 1. The normalized spacial score (nSPS) is 11.2. The molecule has 2 aromatic rings. The predicted molar refractivity (Wildman–Crippen MR) is 95.0 cm³/mol. The van der Waals surface area contributed by atoms with Crippen LogP contribution in [0.15, 0.2) is 24.3 Å². The number of halogens is 2. The summed E-state index contributed by atoms with van der Waals surface area (Å²) in [5.74, 6) is 0.344. The van der Waals surface area contributed by atoms with Gasteiger partial charge in [0, 0.05) is 11.1 Å². The second-order valence-electron chi connectivity index (χ2n) is 5.19. The number of hydrogen-bond acceptors (Lipinski definition) is 3. The van der Waals surface area contributed by atoms with Gasteiger partial charge in [0.2, 0.25) is 0 Å². The zero-order chi connectivity index (χ0) is 17.7. The van der Waals surface area contributed by atoms with Gasteiger partial charge in [-0.05, 0) is 37.1 Å². The lowest BCUT2D eigenvalue weighted by atomic mass is 10.2. The van der Waals surface area contributed by atoms with Crippen molar-refractivity contribution < 1.29 is 14.6 Å². The molecule has 24 heavy (non-hydrogen) atoms. The number of carboxylic acids is 1. The fraction of sp³-hybridized carbons (Fsp3) is 0.294. The molecule has 0 bridgehead atoms. The van der Waals surface area contributed by atoms with Crippen LogP contribution in [0.3, 0.4) is 0 Å². The Morgan fingerprint density at radius 2 is 2.17 bits per heavy atom. The number of aromatic nitrogens is 2. The summed E-state index contributed by atoms with van der Waals surface area (Å²) < 4.78 is 7.37. The third kappa shape index (κ3) is 4.52. The molecule has 0 radical (unpaired) electrons. The van der Waals surface area contributed by atoms with E-state index in [0.717, 1.165) is 23.8 Å². The molecule has 0 aliphatic rings. The molecule has 128 valence electrons. The number of aryl methyl sites for hydroxylation is 1. The number of benzene rings is 1. The van der Waals surface area contributed by atoms with Crippen molar-refractivity contribution in [3.05, 3.63) is 51.5 Å². The Morgan fingerprint density at radius 3 is 2.79 bits per heavy atom. The summed E-state index contributed by atoms with van der Waals surface area (Å²) in [6.45, 7) is 4.90. The summed E-state index contributed by atoms with van der Waals surface area (Å²) in [6, 6.07) is 5.51. The van der Waals surface area contributed by atoms with Gasteiger partial charge in [0.15, 0.2) is 5.15 Å². The van der Waals surface area contributed by atoms with Crippen molar-refractivity contribution in [3.8, 4) is 5.75 Å². The first-order valence-corrected chi connectivity index (χ1v) is 8.22. The third-order valence-corrected chi connectivity index (χ3v) is 3.99. The number of ether oxygens (including phenoxy) is 1. The van der Waals surface area contributed by atoms with Crippen LogP contribution in [-0.4, -0.2) is 27.2 Å². The minimum atomic E-state index is -1.05. The highest BCUT2D eigenvalue weighted by atomic mass is 35.5. The fourth-order valence-electron chi connectivity index (χ4n) is 2.19. The smallest absolute Gasteiger partial charge is 0.328 e. The van der Waals surface area contributed by atoms with E-state index in [1.54, 1.807) is 13.0 Å². The summed E-state index contributed by atoms with van der Waals surface area (Å²) >= 11 is 12.4. The van der Waals surface area contributed by atoms with Gasteiger partial charge in [0.25, 0.3) is 0 Å². The van der Waals surface area contributed by atoms with Gasteiger partial charge in [-0.25, -0.2) is 9.78 Å². The van der Waals surface area contributed by atoms with Crippen LogP contribution in [0.4, 0.5) is 0 Å². The van der Waals surface area contributed by atoms with Crippen molar-refractivity contribution in [2.45, 2.75) is 26.8 Å². The van der Waals surface area contributed by atoms with Crippen LogP contribution >= 0.6 is 23.2 Å². The van der Waals surface area contributed by atoms with Gasteiger partial charge in [0.1, 0.15) is 11.6 Å². The molecule has 2 rings (SSSR count). The maximum Gasteiger partial charge on any atom is 0.328 e. The Labute approximate surface area is 150 Å². The Morgan fingerprint density at radius 1 is 1.42 bits per heavy atom. The standard InChI is InChI=1S/C17H18Cl2N2O3/c1-3-8-24-13-5-4-12(14(18)9-13)10-21-11(2)20-17(19)15(21)6-7-16(22)23/h4-7,9H,3,8,10H2,1-2H3,(H,22,23). The average Bonchev–Trinajstić information content (AvgIpc) is 2.79. The maximum absolute atomic E-state index is 10.7. The van der Waals surface area contributed by atoms with Crippen LogP contribution in [0.5, 0.6) is 5.75 Å². The molecule has 0 atom stereocenters. The topological polar surface area (TPSA) is 64.4 Å². The summed E-state index contributed by atoms with van der Waals surface area (Å²) in [5, 5.41) is 9.63. The second kappa shape index (κ2) is 8.22. The van der Waals surface area contributed by atoms with E-state index in [1.165, 1.54) is 6.08 Å². The van der Waals surface area contributed by atoms with Crippen molar-refractivity contribution in [2.24, 2.45) is 0 Å². The molecule has 0 fully saturated rings. The van der Waals surface area contributed by atoms with E-state index in [0.29, 0.717) is 29.7 Å². The molecule has 1 aromatic carbocycles. The van der Waals surface area contributed by atoms with Crippen LogP contribution in [0, 0.1) is 6.92 Å². The lowest BCUT2D eigenvalue weighted by molar-refractivity contribution is -0.131. The summed E-state index contributed by atoms with van der Waals surface area (Å²) in [5.41, 5.74) is 1.39. The minimum absolute atomic E-state index is 0.254. The Hall–Kier alpha value is -1.98. The van der Waals surface area contributed by atoms with Gasteiger partial charge >= 0.3 is 5.97 Å². The molecule has 1 heterocycles. The highest BCUT2D eigenvalue weighted by molar-refractivity contribution is 6.31. The van der Waals surface area contributed by atoms with E-state index < -0.39 is 5.97 Å². The monoisotopic (exact) mass is 368 g/mol. The Bertz CT molecular complexity index is 769. The quantitative estimate of drug-likeness (QED) is 0.734. The van der Waals surface area contributed by atoms with Crippen LogP contribution in [0.1, 0.15) is 30.4 Å². The zero-order valence-electron chi connectivity index (χ0n) is 13.4. The van der Waals surface area contributed by atoms with Crippen molar-refractivity contribution in [1.82, 2.24) is 9.55 Å². The fourth-order valence-corrected chi connectivity index (χ4v) is 2.71. The molecule has 0 aliphatic carbocycles. The van der Waals surface area contributed by atoms with Crippen LogP contribution < -0.4 is 4.74 Å². The number of aliphatic carboxylic acids is 1. The van der Waals surface area contributed by atoms with E-state index >= 15 is 0 Å². The minimum Gasteiger partial charge on any atom is -0.494 e. The van der Waals surface area contributed by atoms with E-state index in [9.17, 15) is 4.79 Å². The van der Waals surface area contributed by atoms with Crippen LogP contribution in [0.25, 0.3) is 6.08 Å². The number of hydrogen-bond donors (Lipinski definition) is 1. The van der Waals surface area contributed by atoms with Crippen LogP contribution in [-0.2, 0) is 11.3 Å². The van der Waals surface area contributed by atoms with Gasteiger partial charge in [-0.1, -0.05) is 36.2 Å². The molecule has 1 aromatic heterocycles. The SMILES string of the molecule is CCCOc1ccc(Cn2c(C)nc(Cl)c2C=CC(=O)O)c(Cl)c1. The lowest BCUT2D eigenvalue weighted by Gasteiger charge is -2.12. The van der Waals surface area contributed by atoms with Gasteiger partial charge in [0.05, 0.1) is 18.8 Å². The van der Waals surface area contributed by atoms with Crippen molar-refractivity contribution in [3.63, 3.8) is 0 Å². The van der Waals surface area contributed by atoms with Gasteiger partial charge in [-0.3, -0.25) is 0 Å². The third-order valence-electron chi connectivity index (χ3n) is 3.36. The van der Waals surface area contributed by atoms with Crippen LogP contribution in [0.2, 0.25) is 10.2 Å². The zero-order valence-corrected chi connectivity index (χ0v) is 14.9. The molecule has 5 nitrogen and oxygen atoms in total. The molecular weight excluding hydrogens is 351 g/mol. The highest BCUT2D eigenvalue weighted by Crippen LogP contribution is 2.26. The number of nitrogens with zero attached hydrogens (tertiary/aromatic N) is 2. The molecule has 0 saturated carbocycles. The van der Waals surface area contributed by atoms with Gasteiger partial charge in [-0.15, -0.1) is 0 Å². The Kier molecular flexibility index (Phi) is 6.29. The predicted octanol–water partition coefficient (Wildman–Crippen LogP) is 4.43. The molecule has 0 aliphatic heterocycles.